The first-order chi connectivity index (χ1) is 24.9. The van der Waals surface area contributed by atoms with Gasteiger partial charge in [-0.3, -0.25) is 0 Å². The third-order valence-corrected chi connectivity index (χ3v) is 11.4. The molecule has 51 heavy (non-hydrogen) atoms. The second-order valence-electron chi connectivity index (χ2n) is 15.0. The Hall–Kier alpha value is -5.80. The smallest absolute Gasteiger partial charge is 0.252 e. The average molecular weight is 657 g/mol. The van der Waals surface area contributed by atoms with Crippen LogP contribution in [0.1, 0.15) is 49.9 Å². The summed E-state index contributed by atoms with van der Waals surface area (Å²) in [5.41, 5.74) is 16.1. The molecule has 9 rings (SSSR count). The van der Waals surface area contributed by atoms with Crippen molar-refractivity contribution in [3.63, 3.8) is 0 Å². The van der Waals surface area contributed by atoms with E-state index in [1.807, 2.05) is 0 Å². The summed E-state index contributed by atoms with van der Waals surface area (Å²) in [7, 11) is 0. The summed E-state index contributed by atoms with van der Waals surface area (Å²) < 4.78 is 0. The van der Waals surface area contributed by atoms with Gasteiger partial charge in [-0.05, 0) is 81.1 Å². The molecule has 0 saturated heterocycles. The van der Waals surface area contributed by atoms with Crippen LogP contribution in [0.2, 0.25) is 0 Å². The van der Waals surface area contributed by atoms with Gasteiger partial charge in [0.25, 0.3) is 6.71 Å². The third-order valence-electron chi connectivity index (χ3n) is 11.4. The minimum absolute atomic E-state index is 0.0850. The zero-order valence-corrected chi connectivity index (χ0v) is 29.7. The highest BCUT2D eigenvalue weighted by Crippen LogP contribution is 2.47. The monoisotopic (exact) mass is 656 g/mol. The van der Waals surface area contributed by atoms with E-state index in [4.69, 9.17) is 0 Å². The fraction of sp³-hybridized carbons (Fsp3) is 0.125. The average Bonchev–Trinajstić information content (AvgIpc) is 3.18. The Balaban J connectivity index is 1.30. The van der Waals surface area contributed by atoms with Crippen LogP contribution in [0.5, 0.6) is 0 Å². The van der Waals surface area contributed by atoms with E-state index in [-0.39, 0.29) is 17.5 Å². The molecule has 3 heteroatoms. The second-order valence-corrected chi connectivity index (χ2v) is 15.0. The molecule has 0 N–H and O–H groups in total. The summed E-state index contributed by atoms with van der Waals surface area (Å²) in [6.07, 6.45) is 0. The zero-order valence-electron chi connectivity index (χ0n) is 29.7. The van der Waals surface area contributed by atoms with Crippen LogP contribution < -0.4 is 26.2 Å². The maximum Gasteiger partial charge on any atom is 0.252 e. The molecule has 0 spiro atoms. The lowest BCUT2D eigenvalue weighted by Crippen LogP contribution is -2.61. The summed E-state index contributed by atoms with van der Waals surface area (Å²) in [6, 6.07) is 64.9. The van der Waals surface area contributed by atoms with Gasteiger partial charge in [-0.15, -0.1) is 0 Å². The molecule has 0 unspecified atom stereocenters. The van der Waals surface area contributed by atoms with Crippen molar-refractivity contribution in [1.29, 1.82) is 0 Å². The van der Waals surface area contributed by atoms with Gasteiger partial charge in [-0.25, -0.2) is 0 Å². The van der Waals surface area contributed by atoms with Gasteiger partial charge in [0.2, 0.25) is 0 Å². The molecule has 0 fully saturated rings. The molecule has 0 aromatic heterocycles. The predicted octanol–water partition coefficient (Wildman–Crippen LogP) is 10.4. The van der Waals surface area contributed by atoms with Crippen LogP contribution in [-0.2, 0) is 10.8 Å². The van der Waals surface area contributed by atoms with Crippen molar-refractivity contribution in [1.82, 2.24) is 0 Å². The van der Waals surface area contributed by atoms with Gasteiger partial charge in [0.15, 0.2) is 0 Å². The Morgan fingerprint density at radius 3 is 1.57 bits per heavy atom. The minimum atomic E-state index is -0.219. The van der Waals surface area contributed by atoms with Gasteiger partial charge in [0, 0.05) is 39.3 Å². The first kappa shape index (κ1) is 31.2. The van der Waals surface area contributed by atoms with Crippen LogP contribution in [0.3, 0.4) is 0 Å². The number of hydrogen-bond acceptors (Lipinski definition) is 2. The molecular formula is C48H41BN2. The Morgan fingerprint density at radius 1 is 0.373 bits per heavy atom. The molecule has 7 aromatic rings. The number of fused-ring (bicyclic) bond motifs is 4. The van der Waals surface area contributed by atoms with Gasteiger partial charge in [-0.2, -0.15) is 0 Å². The summed E-state index contributed by atoms with van der Waals surface area (Å²) in [6.45, 7) is 9.47. The molecule has 0 amide bonds. The molecule has 0 atom stereocenters. The normalized spacial score (nSPS) is 13.4. The molecule has 2 aliphatic heterocycles. The van der Waals surface area contributed by atoms with Crippen LogP contribution in [-0.4, -0.2) is 6.71 Å². The zero-order chi connectivity index (χ0) is 34.7. The minimum Gasteiger partial charge on any atom is -0.311 e. The Labute approximate surface area is 302 Å². The molecule has 2 aliphatic rings. The van der Waals surface area contributed by atoms with Crippen molar-refractivity contribution < 1.29 is 0 Å². The maximum atomic E-state index is 2.53. The van der Waals surface area contributed by atoms with Crippen molar-refractivity contribution in [2.75, 3.05) is 9.80 Å². The molecule has 7 aromatic carbocycles. The largest absolute Gasteiger partial charge is 0.311 e. The fourth-order valence-corrected chi connectivity index (χ4v) is 8.61. The van der Waals surface area contributed by atoms with E-state index in [9.17, 15) is 0 Å². The quantitative estimate of drug-likeness (QED) is 0.164. The molecule has 2 nitrogen and oxygen atoms in total. The van der Waals surface area contributed by atoms with Gasteiger partial charge in [-0.1, -0.05) is 161 Å². The molecule has 0 aliphatic carbocycles. The van der Waals surface area contributed by atoms with E-state index >= 15 is 0 Å². The summed E-state index contributed by atoms with van der Waals surface area (Å²) >= 11 is 0. The van der Waals surface area contributed by atoms with E-state index in [1.54, 1.807) is 0 Å². The van der Waals surface area contributed by atoms with Gasteiger partial charge >= 0.3 is 0 Å². The van der Waals surface area contributed by atoms with Crippen molar-refractivity contribution in [3.05, 3.63) is 198 Å². The Bertz CT molecular complexity index is 2380. The maximum absolute atomic E-state index is 2.53. The first-order valence-corrected chi connectivity index (χ1v) is 18.1. The van der Waals surface area contributed by atoms with Crippen LogP contribution in [0.25, 0.3) is 0 Å². The lowest BCUT2D eigenvalue weighted by Gasteiger charge is -2.45. The van der Waals surface area contributed by atoms with Crippen molar-refractivity contribution >= 4 is 57.2 Å². The van der Waals surface area contributed by atoms with Crippen molar-refractivity contribution in [2.45, 2.75) is 38.5 Å². The number of nitrogens with zero attached hydrogens (tertiary/aromatic N) is 2. The van der Waals surface area contributed by atoms with Crippen LogP contribution in [0, 0.1) is 0 Å². The van der Waals surface area contributed by atoms with Crippen molar-refractivity contribution in [3.8, 4) is 0 Å². The highest BCUT2D eigenvalue weighted by molar-refractivity contribution is 7.00. The fourth-order valence-electron chi connectivity index (χ4n) is 8.61. The standard InChI is InChI=1S/C48H41BN2/c1-47(2,34-19-8-5-9-20-34)36-31-32-40-45(33-36)50(37-23-12-7-13-24-37)43-29-18-30-44-46(43)49(40)39-26-15-17-28-42(39)51(44)41-27-16-14-25-38(41)48(3,4)35-21-10-6-11-22-35/h5-33H,1-4H3. The Kier molecular flexibility index (Phi) is 7.29. The van der Waals surface area contributed by atoms with E-state index in [1.165, 1.54) is 67.1 Å². The van der Waals surface area contributed by atoms with Gasteiger partial charge in [0.1, 0.15) is 0 Å². The van der Waals surface area contributed by atoms with E-state index < -0.39 is 0 Å². The van der Waals surface area contributed by atoms with Gasteiger partial charge in [0.05, 0.1) is 5.69 Å². The number of rotatable bonds is 6. The topological polar surface area (TPSA) is 6.48 Å². The van der Waals surface area contributed by atoms with E-state index in [2.05, 4.69) is 213 Å². The molecule has 0 saturated carbocycles. The molecule has 0 radical (unpaired) electrons. The second kappa shape index (κ2) is 11.9. The third kappa shape index (κ3) is 4.87. The molecular weight excluding hydrogens is 615 g/mol. The van der Waals surface area contributed by atoms with Crippen molar-refractivity contribution in [2.24, 2.45) is 0 Å². The van der Waals surface area contributed by atoms with Crippen LogP contribution in [0.4, 0.5) is 34.1 Å². The number of para-hydroxylation sites is 3. The van der Waals surface area contributed by atoms with Crippen LogP contribution >= 0.6 is 0 Å². The molecule has 0 bridgehead atoms. The predicted molar refractivity (Wildman–Crippen MR) is 218 cm³/mol. The summed E-state index contributed by atoms with van der Waals surface area (Å²) in [5, 5.41) is 0. The lowest BCUT2D eigenvalue weighted by molar-refractivity contribution is 0.641. The first-order valence-electron chi connectivity index (χ1n) is 18.1. The highest BCUT2D eigenvalue weighted by atomic mass is 15.2. The summed E-state index contributed by atoms with van der Waals surface area (Å²) in [4.78, 5) is 5.03. The number of benzene rings is 7. The lowest BCUT2D eigenvalue weighted by atomic mass is 9.33. The Morgan fingerprint density at radius 2 is 0.882 bits per heavy atom. The SMILES string of the molecule is CC(C)(c1ccccc1)c1ccc2c(c1)N(c1ccccc1)c1cccc3c1B2c1ccccc1N3c1ccccc1C(C)(C)c1ccccc1. The summed E-state index contributed by atoms with van der Waals surface area (Å²) in [5.74, 6) is 0. The number of hydrogen-bond donors (Lipinski definition) is 0. The molecule has 2 heterocycles. The highest BCUT2D eigenvalue weighted by Gasteiger charge is 2.44. The van der Waals surface area contributed by atoms with Crippen LogP contribution in [0.15, 0.2) is 176 Å². The van der Waals surface area contributed by atoms with Gasteiger partial charge < -0.3 is 9.80 Å². The van der Waals surface area contributed by atoms with E-state index in [0.29, 0.717) is 0 Å². The number of anilines is 6. The van der Waals surface area contributed by atoms with E-state index in [0.717, 1.165) is 5.69 Å². The molecule has 246 valence electrons.